The van der Waals surface area contributed by atoms with Crippen molar-refractivity contribution in [1.29, 1.82) is 0 Å². The lowest BCUT2D eigenvalue weighted by atomic mass is 10.1. The van der Waals surface area contributed by atoms with Gasteiger partial charge in [-0.1, -0.05) is 17.7 Å². The second kappa shape index (κ2) is 7.36. The van der Waals surface area contributed by atoms with Crippen LogP contribution in [-0.4, -0.2) is 45.4 Å². The Morgan fingerprint density at radius 2 is 2.04 bits per heavy atom. The Labute approximate surface area is 147 Å². The van der Waals surface area contributed by atoms with Gasteiger partial charge in [-0.05, 0) is 45.4 Å². The normalized spacial score (nSPS) is 12.3. The summed E-state index contributed by atoms with van der Waals surface area (Å²) in [7, 11) is 1.71. The number of aryl methyl sites for hydroxylation is 2. The molecule has 1 heterocycles. The van der Waals surface area contributed by atoms with Gasteiger partial charge in [-0.2, -0.15) is 5.10 Å². The van der Waals surface area contributed by atoms with Crippen LogP contribution in [0.3, 0.4) is 0 Å². The standard InChI is InChI=1S/C18H24ClN3O2/c1-11-6-7-15(8-17(11)19)22-14(4)16(13(3)20-22)9-18(24)21(5)12(2)10-23/h6-8,12,23H,9-10H2,1-5H3. The molecule has 0 saturated carbocycles. The fourth-order valence-corrected chi connectivity index (χ4v) is 2.71. The number of amides is 1. The molecule has 1 amide bonds. The van der Waals surface area contributed by atoms with Crippen LogP contribution in [0.4, 0.5) is 0 Å². The molecule has 2 rings (SSSR count). The van der Waals surface area contributed by atoms with Crippen molar-refractivity contribution in [3.63, 3.8) is 0 Å². The number of benzene rings is 1. The maximum atomic E-state index is 12.4. The summed E-state index contributed by atoms with van der Waals surface area (Å²) in [6.07, 6.45) is 0.262. The Morgan fingerprint density at radius 1 is 1.38 bits per heavy atom. The first-order valence-corrected chi connectivity index (χ1v) is 8.32. The number of carbonyl (C=O) groups is 1. The molecule has 0 aliphatic rings. The molecule has 24 heavy (non-hydrogen) atoms. The van der Waals surface area contributed by atoms with E-state index >= 15 is 0 Å². The minimum Gasteiger partial charge on any atom is -0.394 e. The van der Waals surface area contributed by atoms with E-state index in [-0.39, 0.29) is 25.0 Å². The van der Waals surface area contributed by atoms with Crippen LogP contribution in [0.2, 0.25) is 5.02 Å². The molecule has 0 aliphatic heterocycles. The van der Waals surface area contributed by atoms with Gasteiger partial charge in [-0.3, -0.25) is 4.79 Å². The summed E-state index contributed by atoms with van der Waals surface area (Å²) < 4.78 is 1.82. The average molecular weight is 350 g/mol. The lowest BCUT2D eigenvalue weighted by Gasteiger charge is -2.23. The van der Waals surface area contributed by atoms with Crippen LogP contribution in [0, 0.1) is 20.8 Å². The summed E-state index contributed by atoms with van der Waals surface area (Å²) in [6, 6.07) is 5.59. The molecule has 0 bridgehead atoms. The van der Waals surface area contributed by atoms with Crippen LogP contribution in [0.15, 0.2) is 18.2 Å². The Balaban J connectivity index is 2.32. The summed E-state index contributed by atoms with van der Waals surface area (Å²) >= 11 is 6.21. The molecule has 2 aromatic rings. The van der Waals surface area contributed by atoms with Crippen molar-refractivity contribution in [3.8, 4) is 5.69 Å². The van der Waals surface area contributed by atoms with Gasteiger partial charge in [-0.15, -0.1) is 0 Å². The summed E-state index contributed by atoms with van der Waals surface area (Å²) in [6.45, 7) is 7.56. The van der Waals surface area contributed by atoms with E-state index in [1.54, 1.807) is 11.9 Å². The third-order valence-electron chi connectivity index (χ3n) is 4.49. The van der Waals surface area contributed by atoms with Gasteiger partial charge in [0.15, 0.2) is 0 Å². The van der Waals surface area contributed by atoms with Crippen LogP contribution in [0.1, 0.15) is 29.4 Å². The molecular weight excluding hydrogens is 326 g/mol. The summed E-state index contributed by atoms with van der Waals surface area (Å²) in [5.74, 6) is -0.0377. The van der Waals surface area contributed by atoms with Crippen LogP contribution in [-0.2, 0) is 11.2 Å². The van der Waals surface area contributed by atoms with Crippen molar-refractivity contribution in [2.75, 3.05) is 13.7 Å². The number of rotatable bonds is 5. The highest BCUT2D eigenvalue weighted by molar-refractivity contribution is 6.31. The molecule has 0 saturated heterocycles. The molecule has 130 valence electrons. The van der Waals surface area contributed by atoms with E-state index < -0.39 is 0 Å². The highest BCUT2D eigenvalue weighted by Gasteiger charge is 2.20. The zero-order valence-electron chi connectivity index (χ0n) is 14.8. The molecule has 5 nitrogen and oxygen atoms in total. The van der Waals surface area contributed by atoms with Crippen molar-refractivity contribution >= 4 is 17.5 Å². The topological polar surface area (TPSA) is 58.4 Å². The summed E-state index contributed by atoms with van der Waals surface area (Å²) in [5.41, 5.74) is 4.54. The van der Waals surface area contributed by atoms with Gasteiger partial charge < -0.3 is 10.0 Å². The number of aliphatic hydroxyl groups excluding tert-OH is 1. The van der Waals surface area contributed by atoms with Gasteiger partial charge in [0.1, 0.15) is 0 Å². The SMILES string of the molecule is Cc1ccc(-n2nc(C)c(CC(=O)N(C)C(C)CO)c2C)cc1Cl. The molecular formula is C18H24ClN3O2. The van der Waals surface area contributed by atoms with Gasteiger partial charge in [0, 0.05) is 23.3 Å². The monoisotopic (exact) mass is 349 g/mol. The third kappa shape index (κ3) is 3.62. The molecule has 0 aliphatic carbocycles. The van der Waals surface area contributed by atoms with Gasteiger partial charge in [0.2, 0.25) is 5.91 Å². The van der Waals surface area contributed by atoms with E-state index in [1.165, 1.54) is 0 Å². The van der Waals surface area contributed by atoms with Crippen molar-refractivity contribution < 1.29 is 9.90 Å². The van der Waals surface area contributed by atoms with Gasteiger partial charge in [-0.25, -0.2) is 4.68 Å². The first kappa shape index (κ1) is 18.5. The predicted molar refractivity (Wildman–Crippen MR) is 95.8 cm³/mol. The molecule has 1 atom stereocenters. The summed E-state index contributed by atoms with van der Waals surface area (Å²) in [5, 5.41) is 14.5. The van der Waals surface area contributed by atoms with Crippen molar-refractivity contribution in [3.05, 3.63) is 45.7 Å². The number of likely N-dealkylation sites (N-methyl/N-ethyl adjacent to an activating group) is 1. The highest BCUT2D eigenvalue weighted by Crippen LogP contribution is 2.23. The second-order valence-electron chi connectivity index (χ2n) is 6.21. The Bertz CT molecular complexity index is 755. The van der Waals surface area contributed by atoms with Gasteiger partial charge >= 0.3 is 0 Å². The Hall–Kier alpha value is -1.85. The zero-order valence-corrected chi connectivity index (χ0v) is 15.6. The number of hydrogen-bond donors (Lipinski definition) is 1. The molecule has 1 aromatic carbocycles. The maximum absolute atomic E-state index is 12.4. The van der Waals surface area contributed by atoms with Crippen LogP contribution in [0.5, 0.6) is 0 Å². The van der Waals surface area contributed by atoms with Crippen LogP contribution in [0.25, 0.3) is 5.69 Å². The Kier molecular flexibility index (Phi) is 5.67. The lowest BCUT2D eigenvalue weighted by Crippen LogP contribution is -2.38. The summed E-state index contributed by atoms with van der Waals surface area (Å²) in [4.78, 5) is 14.0. The highest BCUT2D eigenvalue weighted by atomic mass is 35.5. The largest absolute Gasteiger partial charge is 0.394 e. The number of nitrogens with zero attached hydrogens (tertiary/aromatic N) is 3. The number of aliphatic hydroxyl groups is 1. The predicted octanol–water partition coefficient (Wildman–Crippen LogP) is 2.83. The molecule has 1 aromatic heterocycles. The van der Waals surface area contributed by atoms with Crippen molar-refractivity contribution in [2.45, 2.75) is 40.2 Å². The molecule has 1 unspecified atom stereocenters. The number of halogens is 1. The number of carbonyl (C=O) groups excluding carboxylic acids is 1. The van der Waals surface area contributed by atoms with E-state index in [0.29, 0.717) is 5.02 Å². The maximum Gasteiger partial charge on any atom is 0.227 e. The minimum absolute atomic E-state index is 0.0377. The number of aromatic nitrogens is 2. The zero-order chi connectivity index (χ0) is 18.0. The minimum atomic E-state index is -0.205. The van der Waals surface area contributed by atoms with Crippen molar-refractivity contribution in [2.24, 2.45) is 0 Å². The first-order valence-electron chi connectivity index (χ1n) is 7.94. The van der Waals surface area contributed by atoms with Crippen LogP contribution >= 0.6 is 11.6 Å². The molecule has 0 spiro atoms. The van der Waals surface area contributed by atoms with Crippen molar-refractivity contribution in [1.82, 2.24) is 14.7 Å². The van der Waals surface area contributed by atoms with Gasteiger partial charge in [0.05, 0.1) is 30.5 Å². The van der Waals surface area contributed by atoms with Crippen LogP contribution < -0.4 is 0 Å². The second-order valence-corrected chi connectivity index (χ2v) is 6.61. The first-order chi connectivity index (χ1) is 11.3. The molecule has 6 heteroatoms. The lowest BCUT2D eigenvalue weighted by molar-refractivity contribution is -0.131. The van der Waals surface area contributed by atoms with E-state index in [1.807, 2.05) is 50.6 Å². The van der Waals surface area contributed by atoms with E-state index in [2.05, 4.69) is 5.10 Å². The molecule has 0 fully saturated rings. The fourth-order valence-electron chi connectivity index (χ4n) is 2.54. The van der Waals surface area contributed by atoms with E-state index in [4.69, 9.17) is 11.6 Å². The molecule has 1 N–H and O–H groups in total. The molecule has 0 radical (unpaired) electrons. The smallest absolute Gasteiger partial charge is 0.227 e. The number of hydrogen-bond acceptors (Lipinski definition) is 3. The Morgan fingerprint density at radius 3 is 2.62 bits per heavy atom. The average Bonchev–Trinajstić information content (AvgIpc) is 2.84. The van der Waals surface area contributed by atoms with E-state index in [0.717, 1.165) is 28.2 Å². The quantitative estimate of drug-likeness (QED) is 0.903. The van der Waals surface area contributed by atoms with E-state index in [9.17, 15) is 9.90 Å². The third-order valence-corrected chi connectivity index (χ3v) is 4.90. The fraction of sp³-hybridized carbons (Fsp3) is 0.444. The van der Waals surface area contributed by atoms with Gasteiger partial charge in [0.25, 0.3) is 0 Å².